The van der Waals surface area contributed by atoms with E-state index in [-0.39, 0.29) is 0 Å². The Hall–Kier alpha value is -3.39. The zero-order valence-electron chi connectivity index (χ0n) is 19.2. The van der Waals surface area contributed by atoms with E-state index < -0.39 is 0 Å². The van der Waals surface area contributed by atoms with E-state index in [0.29, 0.717) is 0 Å². The number of aromatic nitrogens is 1. The number of fused-ring (bicyclic) bond motifs is 3. The molecule has 1 saturated carbocycles. The third-order valence-corrected chi connectivity index (χ3v) is 7.21. The number of pyridine rings is 1. The summed E-state index contributed by atoms with van der Waals surface area (Å²) in [6.07, 6.45) is 9.99. The minimum atomic E-state index is 0.809. The summed E-state index contributed by atoms with van der Waals surface area (Å²) in [6, 6.07) is 26.0. The average Bonchev–Trinajstić information content (AvgIpc) is 3.23. The molecule has 1 aliphatic rings. The largest absolute Gasteiger partial charge is 0.455 e. The first-order chi connectivity index (χ1) is 16.3. The number of aryl methyl sites for hydroxylation is 1. The van der Waals surface area contributed by atoms with Gasteiger partial charge in [0.05, 0.1) is 5.69 Å². The summed E-state index contributed by atoms with van der Waals surface area (Å²) in [5.74, 6) is 0.809. The zero-order valence-corrected chi connectivity index (χ0v) is 19.2. The van der Waals surface area contributed by atoms with Gasteiger partial charge in [0.15, 0.2) is 0 Å². The average molecular weight is 432 g/mol. The second kappa shape index (κ2) is 8.51. The molecular formula is C31H29NO. The quantitative estimate of drug-likeness (QED) is 0.284. The molecule has 33 heavy (non-hydrogen) atoms. The van der Waals surface area contributed by atoms with Crippen LogP contribution in [0.15, 0.2) is 83.4 Å². The van der Waals surface area contributed by atoms with Crippen LogP contribution >= 0.6 is 0 Å². The van der Waals surface area contributed by atoms with Gasteiger partial charge >= 0.3 is 0 Å². The van der Waals surface area contributed by atoms with E-state index in [1.54, 1.807) is 0 Å². The normalized spacial score (nSPS) is 14.8. The number of furan rings is 1. The molecule has 0 bridgehead atoms. The molecule has 3 aromatic carbocycles. The van der Waals surface area contributed by atoms with E-state index in [9.17, 15) is 0 Å². The monoisotopic (exact) mass is 431 g/mol. The molecule has 0 saturated heterocycles. The van der Waals surface area contributed by atoms with Crippen LogP contribution in [0.25, 0.3) is 44.3 Å². The lowest BCUT2D eigenvalue weighted by Gasteiger charge is -2.21. The molecule has 0 N–H and O–H groups in total. The molecule has 2 aromatic heterocycles. The maximum absolute atomic E-state index is 6.53. The van der Waals surface area contributed by atoms with Gasteiger partial charge in [0.25, 0.3) is 0 Å². The minimum Gasteiger partial charge on any atom is -0.455 e. The van der Waals surface area contributed by atoms with E-state index in [2.05, 4.69) is 79.7 Å². The van der Waals surface area contributed by atoms with Crippen molar-refractivity contribution in [3.63, 3.8) is 0 Å². The Morgan fingerprint density at radius 2 is 1.67 bits per heavy atom. The van der Waals surface area contributed by atoms with E-state index >= 15 is 0 Å². The lowest BCUT2D eigenvalue weighted by atomic mass is 9.85. The Bertz CT molecular complexity index is 1420. The van der Waals surface area contributed by atoms with Crippen LogP contribution in [0.5, 0.6) is 0 Å². The van der Waals surface area contributed by atoms with Crippen LogP contribution in [0.3, 0.4) is 0 Å². The topological polar surface area (TPSA) is 26.0 Å². The van der Waals surface area contributed by atoms with Crippen LogP contribution in [-0.4, -0.2) is 4.98 Å². The highest BCUT2D eigenvalue weighted by Gasteiger charge is 2.19. The molecule has 2 nitrogen and oxygen atoms in total. The first kappa shape index (κ1) is 20.2. The molecule has 2 heterocycles. The van der Waals surface area contributed by atoms with Crippen LogP contribution in [-0.2, 0) is 6.42 Å². The number of benzene rings is 3. The fourth-order valence-electron chi connectivity index (χ4n) is 5.52. The first-order valence-corrected chi connectivity index (χ1v) is 12.2. The van der Waals surface area contributed by atoms with Gasteiger partial charge in [-0.15, -0.1) is 0 Å². The molecule has 0 amide bonds. The number of hydrogen-bond acceptors (Lipinski definition) is 2. The molecule has 0 spiro atoms. The Morgan fingerprint density at radius 1 is 0.848 bits per heavy atom. The first-order valence-electron chi connectivity index (χ1n) is 12.2. The standard InChI is InChI=1S/C31H29NO/c1-21-12-13-27-29(18-21)33-31-26(15-14-25(30(27)31)24-10-6-3-7-11-24)28-20-23(16-17-32-28)19-22-8-4-2-5-9-22/h3,6-7,10-18,20,22H,2,4-5,8-9,19H2,1H3. The van der Waals surface area contributed by atoms with Gasteiger partial charge in [-0.25, -0.2) is 0 Å². The van der Waals surface area contributed by atoms with Crippen molar-refractivity contribution < 1.29 is 4.42 Å². The molecular weight excluding hydrogens is 402 g/mol. The van der Waals surface area contributed by atoms with Crippen molar-refractivity contribution in [1.82, 2.24) is 4.98 Å². The molecule has 0 radical (unpaired) electrons. The fourth-order valence-corrected chi connectivity index (χ4v) is 5.52. The van der Waals surface area contributed by atoms with Crippen molar-refractivity contribution in [3.05, 3.63) is 90.1 Å². The molecule has 0 aliphatic heterocycles. The van der Waals surface area contributed by atoms with E-state index in [1.807, 2.05) is 6.20 Å². The maximum Gasteiger partial charge on any atom is 0.145 e. The highest BCUT2D eigenvalue weighted by molar-refractivity contribution is 6.16. The van der Waals surface area contributed by atoms with Crippen molar-refractivity contribution in [2.45, 2.75) is 45.4 Å². The van der Waals surface area contributed by atoms with Crippen LogP contribution in [0.2, 0.25) is 0 Å². The second-order valence-corrected chi connectivity index (χ2v) is 9.59. The summed E-state index contributed by atoms with van der Waals surface area (Å²) in [7, 11) is 0. The Balaban J connectivity index is 1.51. The Labute approximate surface area is 195 Å². The summed E-state index contributed by atoms with van der Waals surface area (Å²) in [6.45, 7) is 2.11. The SMILES string of the molecule is Cc1ccc2c(c1)oc1c(-c3cc(CC4CCCCC4)ccn3)ccc(-c3ccccc3)c12. The molecule has 1 fully saturated rings. The molecule has 5 aromatic rings. The minimum absolute atomic E-state index is 0.809. The molecule has 1 aliphatic carbocycles. The highest BCUT2D eigenvalue weighted by Crippen LogP contribution is 2.41. The van der Waals surface area contributed by atoms with Gasteiger partial charge in [-0.1, -0.05) is 80.6 Å². The van der Waals surface area contributed by atoms with Crippen LogP contribution < -0.4 is 0 Å². The fraction of sp³-hybridized carbons (Fsp3) is 0.258. The predicted molar refractivity (Wildman–Crippen MR) is 137 cm³/mol. The summed E-state index contributed by atoms with van der Waals surface area (Å²) in [5, 5.41) is 2.34. The highest BCUT2D eigenvalue weighted by atomic mass is 16.3. The summed E-state index contributed by atoms with van der Waals surface area (Å²) < 4.78 is 6.53. The van der Waals surface area contributed by atoms with Crippen molar-refractivity contribution in [2.75, 3.05) is 0 Å². The molecule has 0 unspecified atom stereocenters. The van der Waals surface area contributed by atoms with E-state index in [4.69, 9.17) is 9.40 Å². The Kier molecular flexibility index (Phi) is 5.22. The summed E-state index contributed by atoms with van der Waals surface area (Å²) in [4.78, 5) is 4.78. The summed E-state index contributed by atoms with van der Waals surface area (Å²) in [5.41, 5.74) is 8.95. The van der Waals surface area contributed by atoms with Crippen LogP contribution in [0.4, 0.5) is 0 Å². The predicted octanol–water partition coefficient (Wildman–Crippen LogP) is 8.75. The van der Waals surface area contributed by atoms with Crippen molar-refractivity contribution >= 4 is 21.9 Å². The van der Waals surface area contributed by atoms with Crippen molar-refractivity contribution in [3.8, 4) is 22.4 Å². The molecule has 2 heteroatoms. The summed E-state index contributed by atoms with van der Waals surface area (Å²) >= 11 is 0. The smallest absolute Gasteiger partial charge is 0.145 e. The van der Waals surface area contributed by atoms with Gasteiger partial charge in [0.2, 0.25) is 0 Å². The van der Waals surface area contributed by atoms with Crippen LogP contribution in [0, 0.1) is 12.8 Å². The van der Waals surface area contributed by atoms with Gasteiger partial charge in [-0.3, -0.25) is 4.98 Å². The molecule has 164 valence electrons. The second-order valence-electron chi connectivity index (χ2n) is 9.59. The molecule has 6 rings (SSSR count). The maximum atomic E-state index is 6.53. The zero-order chi connectivity index (χ0) is 22.2. The van der Waals surface area contributed by atoms with E-state index in [0.717, 1.165) is 40.1 Å². The van der Waals surface area contributed by atoms with Crippen molar-refractivity contribution in [1.29, 1.82) is 0 Å². The van der Waals surface area contributed by atoms with Gasteiger partial charge in [-0.2, -0.15) is 0 Å². The van der Waals surface area contributed by atoms with Gasteiger partial charge in [0.1, 0.15) is 11.2 Å². The van der Waals surface area contributed by atoms with Crippen molar-refractivity contribution in [2.24, 2.45) is 5.92 Å². The third-order valence-electron chi connectivity index (χ3n) is 7.21. The van der Waals surface area contributed by atoms with Crippen LogP contribution in [0.1, 0.15) is 43.2 Å². The number of nitrogens with zero attached hydrogens (tertiary/aromatic N) is 1. The Morgan fingerprint density at radius 3 is 2.52 bits per heavy atom. The lowest BCUT2D eigenvalue weighted by molar-refractivity contribution is 0.356. The van der Waals surface area contributed by atoms with Gasteiger partial charge < -0.3 is 4.42 Å². The molecule has 0 atom stereocenters. The van der Waals surface area contributed by atoms with E-state index in [1.165, 1.54) is 59.7 Å². The lowest BCUT2D eigenvalue weighted by Crippen LogP contribution is -2.09. The van der Waals surface area contributed by atoms with Gasteiger partial charge in [-0.05, 0) is 65.8 Å². The number of rotatable bonds is 4. The third kappa shape index (κ3) is 3.84. The van der Waals surface area contributed by atoms with Gasteiger partial charge in [0, 0.05) is 22.5 Å². The number of hydrogen-bond donors (Lipinski definition) is 0.